The van der Waals surface area contributed by atoms with E-state index in [2.05, 4.69) is 0 Å². The van der Waals surface area contributed by atoms with Gasteiger partial charge in [-0.05, 0) is 40.5 Å². The second kappa shape index (κ2) is 7.50. The molecule has 1 rings (SSSR count). The highest BCUT2D eigenvalue weighted by atomic mass is 16.6. The Bertz CT molecular complexity index is 335. The average molecular weight is 285 g/mol. The molecule has 0 N–H and O–H groups in total. The van der Waals surface area contributed by atoms with E-state index >= 15 is 0 Å². The lowest BCUT2D eigenvalue weighted by molar-refractivity contribution is -0.149. The number of hydrogen-bond donors (Lipinski definition) is 0. The van der Waals surface area contributed by atoms with E-state index in [1.165, 1.54) is 0 Å². The zero-order valence-electron chi connectivity index (χ0n) is 13.1. The van der Waals surface area contributed by atoms with Gasteiger partial charge in [-0.1, -0.05) is 12.8 Å². The smallest absolute Gasteiger partial charge is 0.410 e. The van der Waals surface area contributed by atoms with E-state index in [1.807, 2.05) is 20.8 Å². The molecular formula is C15H27NO4. The van der Waals surface area contributed by atoms with E-state index in [4.69, 9.17) is 9.47 Å². The topological polar surface area (TPSA) is 55.8 Å². The molecule has 1 unspecified atom stereocenters. The summed E-state index contributed by atoms with van der Waals surface area (Å²) in [5, 5.41) is 0. The van der Waals surface area contributed by atoms with E-state index in [0.29, 0.717) is 19.7 Å². The molecule has 1 saturated heterocycles. The molecule has 0 aromatic carbocycles. The van der Waals surface area contributed by atoms with Crippen LogP contribution in [0.4, 0.5) is 4.79 Å². The highest BCUT2D eigenvalue weighted by Gasteiger charge is 2.29. The van der Waals surface area contributed by atoms with Gasteiger partial charge in [-0.25, -0.2) is 4.79 Å². The first-order valence-corrected chi connectivity index (χ1v) is 7.48. The van der Waals surface area contributed by atoms with Gasteiger partial charge in [0.1, 0.15) is 5.60 Å². The molecule has 116 valence electrons. The summed E-state index contributed by atoms with van der Waals surface area (Å²) in [4.78, 5) is 25.7. The van der Waals surface area contributed by atoms with Gasteiger partial charge >= 0.3 is 12.1 Å². The lowest BCUT2D eigenvalue weighted by Gasteiger charge is -2.31. The second-order valence-electron chi connectivity index (χ2n) is 6.22. The van der Waals surface area contributed by atoms with Crippen LogP contribution in [0.25, 0.3) is 0 Å². The lowest BCUT2D eigenvalue weighted by atomic mass is 9.98. The van der Waals surface area contributed by atoms with E-state index in [0.717, 1.165) is 25.7 Å². The molecule has 1 fully saturated rings. The number of carbonyl (C=O) groups is 2. The fraction of sp³-hybridized carbons (Fsp3) is 0.867. The first-order valence-electron chi connectivity index (χ1n) is 7.48. The van der Waals surface area contributed by atoms with Crippen molar-refractivity contribution in [2.24, 2.45) is 5.92 Å². The van der Waals surface area contributed by atoms with Crippen molar-refractivity contribution < 1.29 is 19.1 Å². The van der Waals surface area contributed by atoms with Crippen LogP contribution in [0.15, 0.2) is 0 Å². The second-order valence-corrected chi connectivity index (χ2v) is 6.22. The Labute approximate surface area is 121 Å². The number of nitrogens with zero attached hydrogens (tertiary/aromatic N) is 1. The summed E-state index contributed by atoms with van der Waals surface area (Å²) in [7, 11) is 0. The maximum atomic E-state index is 12.2. The molecule has 5 nitrogen and oxygen atoms in total. The Morgan fingerprint density at radius 1 is 1.20 bits per heavy atom. The van der Waals surface area contributed by atoms with Crippen molar-refractivity contribution in [3.05, 3.63) is 0 Å². The Morgan fingerprint density at radius 2 is 1.90 bits per heavy atom. The number of esters is 1. The Morgan fingerprint density at radius 3 is 2.50 bits per heavy atom. The van der Waals surface area contributed by atoms with Gasteiger partial charge in [-0.2, -0.15) is 0 Å². The minimum absolute atomic E-state index is 0.206. The van der Waals surface area contributed by atoms with Crippen LogP contribution in [0.5, 0.6) is 0 Å². The monoisotopic (exact) mass is 285 g/mol. The van der Waals surface area contributed by atoms with Gasteiger partial charge in [-0.3, -0.25) is 4.79 Å². The van der Waals surface area contributed by atoms with Gasteiger partial charge in [0.15, 0.2) is 0 Å². The summed E-state index contributed by atoms with van der Waals surface area (Å²) in [6, 6.07) is 0. The van der Waals surface area contributed by atoms with Crippen molar-refractivity contribution in [3.8, 4) is 0 Å². The fourth-order valence-corrected chi connectivity index (χ4v) is 2.26. The van der Waals surface area contributed by atoms with E-state index in [1.54, 1.807) is 11.8 Å². The Kier molecular flexibility index (Phi) is 6.30. The van der Waals surface area contributed by atoms with Gasteiger partial charge in [-0.15, -0.1) is 0 Å². The predicted octanol–water partition coefficient (Wildman–Crippen LogP) is 2.98. The van der Waals surface area contributed by atoms with Gasteiger partial charge in [0, 0.05) is 13.1 Å². The minimum Gasteiger partial charge on any atom is -0.466 e. The summed E-state index contributed by atoms with van der Waals surface area (Å²) < 4.78 is 10.5. The van der Waals surface area contributed by atoms with Crippen LogP contribution in [0, 0.1) is 5.92 Å². The molecule has 1 heterocycles. The van der Waals surface area contributed by atoms with Crippen LogP contribution < -0.4 is 0 Å². The van der Waals surface area contributed by atoms with Crippen LogP contribution in [0.2, 0.25) is 0 Å². The maximum Gasteiger partial charge on any atom is 0.410 e. The summed E-state index contributed by atoms with van der Waals surface area (Å²) >= 11 is 0. The van der Waals surface area contributed by atoms with Crippen molar-refractivity contribution in [3.63, 3.8) is 0 Å². The van der Waals surface area contributed by atoms with Crippen molar-refractivity contribution >= 4 is 12.1 Å². The van der Waals surface area contributed by atoms with Gasteiger partial charge in [0.2, 0.25) is 0 Å². The Hall–Kier alpha value is -1.26. The molecule has 5 heteroatoms. The first-order chi connectivity index (χ1) is 9.33. The van der Waals surface area contributed by atoms with Crippen LogP contribution >= 0.6 is 0 Å². The highest BCUT2D eigenvalue weighted by Crippen LogP contribution is 2.20. The molecule has 0 saturated carbocycles. The van der Waals surface area contributed by atoms with Crippen molar-refractivity contribution in [1.82, 2.24) is 4.90 Å². The van der Waals surface area contributed by atoms with Crippen LogP contribution in [0.1, 0.15) is 53.4 Å². The summed E-state index contributed by atoms with van der Waals surface area (Å²) in [6.07, 6.45) is 3.42. The molecule has 1 amide bonds. The number of likely N-dealkylation sites (tertiary alicyclic amines) is 1. The van der Waals surface area contributed by atoms with E-state index in [-0.39, 0.29) is 18.0 Å². The van der Waals surface area contributed by atoms with Gasteiger partial charge < -0.3 is 14.4 Å². The minimum atomic E-state index is -0.515. The zero-order chi connectivity index (χ0) is 15.2. The molecule has 1 aliphatic rings. The molecule has 0 aromatic rings. The lowest BCUT2D eigenvalue weighted by Crippen LogP contribution is -2.42. The zero-order valence-corrected chi connectivity index (χ0v) is 13.1. The van der Waals surface area contributed by atoms with Gasteiger partial charge in [0.05, 0.1) is 12.5 Å². The number of rotatable bonds is 2. The van der Waals surface area contributed by atoms with E-state index in [9.17, 15) is 9.59 Å². The molecule has 0 radical (unpaired) electrons. The largest absolute Gasteiger partial charge is 0.466 e. The van der Waals surface area contributed by atoms with Gasteiger partial charge in [0.25, 0.3) is 0 Å². The molecule has 20 heavy (non-hydrogen) atoms. The highest BCUT2D eigenvalue weighted by molar-refractivity contribution is 5.74. The third-order valence-electron chi connectivity index (χ3n) is 3.19. The maximum absolute atomic E-state index is 12.2. The quantitative estimate of drug-likeness (QED) is 0.732. The number of amides is 1. The van der Waals surface area contributed by atoms with Crippen molar-refractivity contribution in [1.29, 1.82) is 0 Å². The number of carbonyl (C=O) groups excluding carboxylic acids is 2. The molecule has 0 aromatic heterocycles. The SMILES string of the molecule is CCOC(=O)C1CCCCCN(C(=O)OC(C)(C)C)C1. The molecule has 0 bridgehead atoms. The first kappa shape index (κ1) is 16.8. The number of hydrogen-bond acceptors (Lipinski definition) is 4. The fourth-order valence-electron chi connectivity index (χ4n) is 2.26. The van der Waals surface area contributed by atoms with Crippen LogP contribution in [-0.2, 0) is 14.3 Å². The van der Waals surface area contributed by atoms with Crippen molar-refractivity contribution in [2.45, 2.75) is 59.0 Å². The number of ether oxygens (including phenoxy) is 2. The summed E-state index contributed by atoms with van der Waals surface area (Å²) in [5.41, 5.74) is -0.515. The normalized spacial score (nSPS) is 20.8. The standard InChI is InChI=1S/C15H27NO4/c1-5-19-13(17)12-9-7-6-8-10-16(11-12)14(18)20-15(2,3)4/h12H,5-11H2,1-4H3. The predicted molar refractivity (Wildman–Crippen MR) is 76.4 cm³/mol. The van der Waals surface area contributed by atoms with Crippen molar-refractivity contribution in [2.75, 3.05) is 19.7 Å². The third kappa shape index (κ3) is 5.80. The summed E-state index contributed by atoms with van der Waals surface area (Å²) in [5.74, 6) is -0.439. The van der Waals surface area contributed by atoms with Crippen LogP contribution in [-0.4, -0.2) is 42.3 Å². The van der Waals surface area contributed by atoms with E-state index < -0.39 is 5.60 Å². The molecule has 0 spiro atoms. The van der Waals surface area contributed by atoms with Crippen LogP contribution in [0.3, 0.4) is 0 Å². The molecule has 1 aliphatic heterocycles. The third-order valence-corrected chi connectivity index (χ3v) is 3.19. The summed E-state index contributed by atoms with van der Waals surface area (Å²) in [6.45, 7) is 8.75. The molecule has 1 atom stereocenters. The Balaban J connectivity index is 2.67. The molecular weight excluding hydrogens is 258 g/mol. The molecule has 0 aliphatic carbocycles. The average Bonchev–Trinajstić information content (AvgIpc) is 2.26.